The standard InChI is InChI=1S/C16H21N3O3/c1-11-7-9-18(10-8-11)15(21)16(22)19(12(2)20)14-5-3-13(17)4-6-14/h3-6,11H,7-10,17H2,1-2H3. The van der Waals surface area contributed by atoms with Gasteiger partial charge in [0, 0.05) is 25.7 Å². The van der Waals surface area contributed by atoms with Gasteiger partial charge in [0.25, 0.3) is 0 Å². The first kappa shape index (κ1) is 16.0. The third-order valence-corrected chi connectivity index (χ3v) is 3.92. The van der Waals surface area contributed by atoms with E-state index in [0.29, 0.717) is 30.4 Å². The summed E-state index contributed by atoms with van der Waals surface area (Å²) in [5.74, 6) is -1.38. The molecule has 0 bridgehead atoms. The van der Waals surface area contributed by atoms with Crippen LogP contribution >= 0.6 is 0 Å². The molecule has 2 N–H and O–H groups in total. The number of hydrogen-bond acceptors (Lipinski definition) is 4. The molecule has 22 heavy (non-hydrogen) atoms. The van der Waals surface area contributed by atoms with E-state index in [4.69, 9.17) is 5.73 Å². The molecule has 1 saturated heterocycles. The first-order valence-corrected chi connectivity index (χ1v) is 7.39. The summed E-state index contributed by atoms with van der Waals surface area (Å²) in [7, 11) is 0. The average molecular weight is 303 g/mol. The molecular formula is C16H21N3O3. The molecule has 0 aromatic heterocycles. The molecule has 0 saturated carbocycles. The van der Waals surface area contributed by atoms with E-state index in [0.717, 1.165) is 17.7 Å². The summed E-state index contributed by atoms with van der Waals surface area (Å²) < 4.78 is 0. The van der Waals surface area contributed by atoms with Crippen molar-refractivity contribution < 1.29 is 14.4 Å². The zero-order valence-electron chi connectivity index (χ0n) is 12.9. The van der Waals surface area contributed by atoms with E-state index in [1.54, 1.807) is 24.3 Å². The fourth-order valence-corrected chi connectivity index (χ4v) is 2.51. The number of carbonyl (C=O) groups excluding carboxylic acids is 3. The summed E-state index contributed by atoms with van der Waals surface area (Å²) in [6.07, 6.45) is 1.75. The highest BCUT2D eigenvalue weighted by Gasteiger charge is 2.32. The van der Waals surface area contributed by atoms with Crippen molar-refractivity contribution in [1.29, 1.82) is 0 Å². The minimum Gasteiger partial charge on any atom is -0.399 e. The van der Waals surface area contributed by atoms with Gasteiger partial charge in [-0.1, -0.05) is 6.92 Å². The van der Waals surface area contributed by atoms with Crippen molar-refractivity contribution >= 4 is 29.1 Å². The molecular weight excluding hydrogens is 282 g/mol. The molecule has 1 aliphatic heterocycles. The third kappa shape index (κ3) is 3.44. The Balaban J connectivity index is 2.18. The molecule has 0 radical (unpaired) electrons. The third-order valence-electron chi connectivity index (χ3n) is 3.92. The van der Waals surface area contributed by atoms with E-state index in [9.17, 15) is 14.4 Å². The number of benzene rings is 1. The molecule has 0 unspecified atom stereocenters. The Hall–Kier alpha value is -2.37. The van der Waals surface area contributed by atoms with Crippen LogP contribution < -0.4 is 10.6 Å². The highest BCUT2D eigenvalue weighted by atomic mass is 16.2. The lowest BCUT2D eigenvalue weighted by molar-refractivity contribution is -0.146. The van der Waals surface area contributed by atoms with Gasteiger partial charge in [0.1, 0.15) is 0 Å². The lowest BCUT2D eigenvalue weighted by Crippen LogP contribution is -2.49. The molecule has 0 spiro atoms. The van der Waals surface area contributed by atoms with E-state index < -0.39 is 17.7 Å². The van der Waals surface area contributed by atoms with E-state index in [-0.39, 0.29) is 0 Å². The molecule has 118 valence electrons. The average Bonchev–Trinajstić information content (AvgIpc) is 2.49. The molecule has 6 nitrogen and oxygen atoms in total. The monoisotopic (exact) mass is 303 g/mol. The Kier molecular flexibility index (Phi) is 4.80. The molecule has 1 heterocycles. The number of nitrogen functional groups attached to an aromatic ring is 1. The number of nitrogens with two attached hydrogens (primary N) is 1. The topological polar surface area (TPSA) is 83.7 Å². The van der Waals surface area contributed by atoms with Gasteiger partial charge in [0.15, 0.2) is 0 Å². The number of amides is 3. The largest absolute Gasteiger partial charge is 0.399 e. The number of likely N-dealkylation sites (tertiary alicyclic amines) is 1. The summed E-state index contributed by atoms with van der Waals surface area (Å²) in [5, 5.41) is 0. The van der Waals surface area contributed by atoms with Gasteiger partial charge in [-0.2, -0.15) is 0 Å². The lowest BCUT2D eigenvalue weighted by Gasteiger charge is -2.31. The van der Waals surface area contributed by atoms with Gasteiger partial charge in [-0.15, -0.1) is 0 Å². The predicted octanol–water partition coefficient (Wildman–Crippen LogP) is 1.41. The van der Waals surface area contributed by atoms with Gasteiger partial charge in [0.05, 0.1) is 5.69 Å². The van der Waals surface area contributed by atoms with Crippen molar-refractivity contribution in [2.75, 3.05) is 23.7 Å². The Morgan fingerprint density at radius 1 is 1.14 bits per heavy atom. The SMILES string of the molecule is CC(=O)N(C(=O)C(=O)N1CCC(C)CC1)c1ccc(N)cc1. The maximum atomic E-state index is 12.4. The molecule has 1 aromatic carbocycles. The van der Waals surface area contributed by atoms with Crippen LogP contribution in [0.4, 0.5) is 11.4 Å². The second-order valence-electron chi connectivity index (χ2n) is 5.73. The fourth-order valence-electron chi connectivity index (χ4n) is 2.51. The first-order valence-electron chi connectivity index (χ1n) is 7.39. The van der Waals surface area contributed by atoms with Crippen molar-refractivity contribution in [3.8, 4) is 0 Å². The highest BCUT2D eigenvalue weighted by molar-refractivity contribution is 6.45. The zero-order chi connectivity index (χ0) is 16.3. The van der Waals surface area contributed by atoms with Crippen LogP contribution in [0.2, 0.25) is 0 Å². The number of nitrogens with zero attached hydrogens (tertiary/aromatic N) is 2. The summed E-state index contributed by atoms with van der Waals surface area (Å²) in [6.45, 7) is 4.50. The van der Waals surface area contributed by atoms with E-state index in [1.165, 1.54) is 11.8 Å². The minimum absolute atomic E-state index is 0.352. The summed E-state index contributed by atoms with van der Waals surface area (Å²) >= 11 is 0. The number of hydrogen-bond donors (Lipinski definition) is 1. The lowest BCUT2D eigenvalue weighted by atomic mass is 9.99. The second-order valence-corrected chi connectivity index (χ2v) is 5.73. The maximum Gasteiger partial charge on any atom is 0.323 e. The normalized spacial score (nSPS) is 15.5. The van der Waals surface area contributed by atoms with Crippen LogP contribution in [0.5, 0.6) is 0 Å². The van der Waals surface area contributed by atoms with E-state index in [1.807, 2.05) is 0 Å². The number of anilines is 2. The smallest absolute Gasteiger partial charge is 0.323 e. The molecule has 3 amide bonds. The van der Waals surface area contributed by atoms with Crippen LogP contribution in [0.3, 0.4) is 0 Å². The predicted molar refractivity (Wildman–Crippen MR) is 84.0 cm³/mol. The van der Waals surface area contributed by atoms with Crippen LogP contribution in [0.25, 0.3) is 0 Å². The van der Waals surface area contributed by atoms with Crippen molar-refractivity contribution in [2.24, 2.45) is 5.92 Å². The molecule has 0 atom stereocenters. The summed E-state index contributed by atoms with van der Waals surface area (Å²) in [4.78, 5) is 39.0. The van der Waals surface area contributed by atoms with Gasteiger partial charge in [-0.05, 0) is 43.0 Å². The maximum absolute atomic E-state index is 12.4. The van der Waals surface area contributed by atoms with Crippen LogP contribution in [0.15, 0.2) is 24.3 Å². The van der Waals surface area contributed by atoms with Gasteiger partial charge in [-0.3, -0.25) is 14.4 Å². The molecule has 1 aromatic rings. The minimum atomic E-state index is -0.813. The van der Waals surface area contributed by atoms with Crippen LogP contribution in [0, 0.1) is 5.92 Å². The Morgan fingerprint density at radius 2 is 1.68 bits per heavy atom. The van der Waals surface area contributed by atoms with Crippen LogP contribution in [-0.2, 0) is 14.4 Å². The van der Waals surface area contributed by atoms with Crippen molar-refractivity contribution in [1.82, 2.24) is 4.90 Å². The van der Waals surface area contributed by atoms with Gasteiger partial charge in [0.2, 0.25) is 5.91 Å². The fraction of sp³-hybridized carbons (Fsp3) is 0.438. The van der Waals surface area contributed by atoms with Gasteiger partial charge >= 0.3 is 11.8 Å². The summed E-state index contributed by atoms with van der Waals surface area (Å²) in [6, 6.07) is 6.29. The van der Waals surface area contributed by atoms with E-state index in [2.05, 4.69) is 6.92 Å². The summed E-state index contributed by atoms with van der Waals surface area (Å²) in [5.41, 5.74) is 6.48. The molecule has 2 rings (SSSR count). The van der Waals surface area contributed by atoms with Crippen molar-refractivity contribution in [3.63, 3.8) is 0 Å². The van der Waals surface area contributed by atoms with Crippen LogP contribution in [0.1, 0.15) is 26.7 Å². The second kappa shape index (κ2) is 6.60. The highest BCUT2D eigenvalue weighted by Crippen LogP contribution is 2.20. The molecule has 6 heteroatoms. The van der Waals surface area contributed by atoms with E-state index >= 15 is 0 Å². The van der Waals surface area contributed by atoms with Gasteiger partial charge in [-0.25, -0.2) is 4.90 Å². The Morgan fingerprint density at radius 3 is 2.18 bits per heavy atom. The molecule has 1 fully saturated rings. The quantitative estimate of drug-likeness (QED) is 0.628. The zero-order valence-corrected chi connectivity index (χ0v) is 12.9. The van der Waals surface area contributed by atoms with Crippen molar-refractivity contribution in [3.05, 3.63) is 24.3 Å². The molecule has 0 aliphatic carbocycles. The molecule has 1 aliphatic rings. The number of rotatable bonds is 1. The number of carbonyl (C=O) groups is 3. The number of piperidine rings is 1. The van der Waals surface area contributed by atoms with Gasteiger partial charge < -0.3 is 10.6 Å². The number of imide groups is 1. The van der Waals surface area contributed by atoms with Crippen LogP contribution in [-0.4, -0.2) is 35.7 Å². The Bertz CT molecular complexity index is 575. The first-order chi connectivity index (χ1) is 10.4. The Labute approximate surface area is 129 Å². The van der Waals surface area contributed by atoms with Crippen molar-refractivity contribution in [2.45, 2.75) is 26.7 Å².